The quantitative estimate of drug-likeness (QED) is 0.400. The minimum atomic E-state index is 0.536. The van der Waals surface area contributed by atoms with Gasteiger partial charge in [0.2, 0.25) is 0 Å². The number of unbranched alkanes of at least 4 members (excludes halogenated alkanes) is 1. The summed E-state index contributed by atoms with van der Waals surface area (Å²) in [5, 5.41) is 11.9. The maximum Gasteiger partial charge on any atom is 0.194 e. The first-order chi connectivity index (χ1) is 14.2. The molecule has 0 aliphatic carbocycles. The molecule has 0 bridgehead atoms. The summed E-state index contributed by atoms with van der Waals surface area (Å²) in [6.45, 7) is 9.10. The average molecular weight is 399 g/mol. The molecule has 1 atom stereocenters. The average Bonchev–Trinajstić information content (AvgIpc) is 3.33. The third-order valence-corrected chi connectivity index (χ3v) is 5.42. The lowest BCUT2D eigenvalue weighted by molar-refractivity contribution is 0.0906. The summed E-state index contributed by atoms with van der Waals surface area (Å²) in [5.41, 5.74) is 1.23. The van der Waals surface area contributed by atoms with E-state index in [4.69, 9.17) is 9.73 Å². The van der Waals surface area contributed by atoms with Gasteiger partial charge in [-0.15, -0.1) is 10.2 Å². The SMILES string of the molecule is CCCCNC(=NCc1nnc(C)n1C)N1CCC(COCc2ccccc2)C1. The van der Waals surface area contributed by atoms with Gasteiger partial charge in [-0.3, -0.25) is 0 Å². The van der Waals surface area contributed by atoms with Crippen molar-refractivity contribution < 1.29 is 4.74 Å². The van der Waals surface area contributed by atoms with Crippen LogP contribution in [0.4, 0.5) is 0 Å². The van der Waals surface area contributed by atoms with E-state index in [-0.39, 0.29) is 0 Å². The number of likely N-dealkylation sites (tertiary alicyclic amines) is 1. The Morgan fingerprint density at radius 1 is 1.28 bits per heavy atom. The highest BCUT2D eigenvalue weighted by Crippen LogP contribution is 2.18. The summed E-state index contributed by atoms with van der Waals surface area (Å²) in [6.07, 6.45) is 3.44. The summed E-state index contributed by atoms with van der Waals surface area (Å²) >= 11 is 0. The molecule has 1 N–H and O–H groups in total. The zero-order valence-corrected chi connectivity index (χ0v) is 18.0. The minimum absolute atomic E-state index is 0.536. The van der Waals surface area contributed by atoms with Gasteiger partial charge >= 0.3 is 0 Å². The smallest absolute Gasteiger partial charge is 0.194 e. The van der Waals surface area contributed by atoms with Gasteiger partial charge in [0, 0.05) is 32.6 Å². The molecule has 1 saturated heterocycles. The second-order valence-corrected chi connectivity index (χ2v) is 7.74. The molecule has 1 aromatic heterocycles. The van der Waals surface area contributed by atoms with Crippen LogP contribution in [0.2, 0.25) is 0 Å². The molecule has 1 aliphatic rings. The molecule has 1 fully saturated rings. The van der Waals surface area contributed by atoms with Crippen LogP contribution in [0, 0.1) is 12.8 Å². The van der Waals surface area contributed by atoms with Crippen LogP contribution in [-0.2, 0) is 24.9 Å². The van der Waals surface area contributed by atoms with Crippen molar-refractivity contribution in [1.29, 1.82) is 0 Å². The van der Waals surface area contributed by atoms with Crippen LogP contribution >= 0.6 is 0 Å². The van der Waals surface area contributed by atoms with Gasteiger partial charge in [0.05, 0.1) is 13.2 Å². The summed E-state index contributed by atoms with van der Waals surface area (Å²) < 4.78 is 7.97. The van der Waals surface area contributed by atoms with Crippen LogP contribution in [0.3, 0.4) is 0 Å². The maximum atomic E-state index is 5.97. The topological polar surface area (TPSA) is 67.6 Å². The van der Waals surface area contributed by atoms with Crippen molar-refractivity contribution in [1.82, 2.24) is 25.0 Å². The lowest BCUT2D eigenvalue weighted by Gasteiger charge is -2.22. The Kier molecular flexibility index (Phi) is 8.04. The van der Waals surface area contributed by atoms with Crippen LogP contribution < -0.4 is 5.32 Å². The van der Waals surface area contributed by atoms with E-state index in [1.54, 1.807) is 0 Å². The largest absolute Gasteiger partial charge is 0.376 e. The van der Waals surface area contributed by atoms with Gasteiger partial charge in [-0.2, -0.15) is 0 Å². The fraction of sp³-hybridized carbons (Fsp3) is 0.591. The van der Waals surface area contributed by atoms with E-state index in [0.29, 0.717) is 19.1 Å². The first kappa shape index (κ1) is 21.3. The minimum Gasteiger partial charge on any atom is -0.376 e. The van der Waals surface area contributed by atoms with Gasteiger partial charge < -0.3 is 19.5 Å². The Morgan fingerprint density at radius 3 is 2.83 bits per heavy atom. The van der Waals surface area contributed by atoms with Crippen LogP contribution in [0.5, 0.6) is 0 Å². The molecular formula is C22H34N6O. The monoisotopic (exact) mass is 398 g/mol. The molecule has 158 valence electrons. The van der Waals surface area contributed by atoms with Crippen molar-refractivity contribution in [3.05, 3.63) is 47.5 Å². The van der Waals surface area contributed by atoms with E-state index < -0.39 is 0 Å². The molecule has 0 saturated carbocycles. The van der Waals surface area contributed by atoms with Gasteiger partial charge in [0.15, 0.2) is 11.8 Å². The normalized spacial score (nSPS) is 17.1. The molecular weight excluding hydrogens is 364 g/mol. The standard InChI is InChI=1S/C22H34N6O/c1-4-5-12-23-22(24-14-21-26-25-18(2)27(21)3)28-13-11-20(15-28)17-29-16-19-9-7-6-8-10-19/h6-10,20H,4-5,11-17H2,1-3H3,(H,23,24). The van der Waals surface area contributed by atoms with Crippen LogP contribution in [-0.4, -0.2) is 51.9 Å². The molecule has 3 rings (SSSR count). The molecule has 7 nitrogen and oxygen atoms in total. The number of rotatable bonds is 9. The number of hydrogen-bond acceptors (Lipinski definition) is 4. The molecule has 0 amide bonds. The van der Waals surface area contributed by atoms with E-state index in [2.05, 4.69) is 51.6 Å². The zero-order valence-electron chi connectivity index (χ0n) is 18.0. The predicted molar refractivity (Wildman–Crippen MR) is 116 cm³/mol. The molecule has 1 unspecified atom stereocenters. The van der Waals surface area contributed by atoms with E-state index in [9.17, 15) is 0 Å². The van der Waals surface area contributed by atoms with Crippen molar-refractivity contribution >= 4 is 5.96 Å². The Bertz CT molecular complexity index is 773. The molecule has 0 spiro atoms. The third kappa shape index (κ3) is 6.29. The van der Waals surface area contributed by atoms with Gasteiger partial charge in [-0.1, -0.05) is 43.7 Å². The molecule has 0 radical (unpaired) electrons. The van der Waals surface area contributed by atoms with Crippen molar-refractivity contribution in [2.24, 2.45) is 18.0 Å². The van der Waals surface area contributed by atoms with Crippen molar-refractivity contribution in [3.63, 3.8) is 0 Å². The Hall–Kier alpha value is -2.41. The highest BCUT2D eigenvalue weighted by atomic mass is 16.5. The number of hydrogen-bond donors (Lipinski definition) is 1. The Labute approximate surface area is 174 Å². The fourth-order valence-electron chi connectivity index (χ4n) is 3.46. The van der Waals surface area contributed by atoms with E-state index >= 15 is 0 Å². The van der Waals surface area contributed by atoms with Gasteiger partial charge in [0.25, 0.3) is 0 Å². The maximum absolute atomic E-state index is 5.97. The fourth-order valence-corrected chi connectivity index (χ4v) is 3.46. The molecule has 1 aromatic carbocycles. The molecule has 1 aliphatic heterocycles. The van der Waals surface area contributed by atoms with Crippen LogP contribution in [0.15, 0.2) is 35.3 Å². The predicted octanol–water partition coefficient (Wildman–Crippen LogP) is 2.91. The zero-order chi connectivity index (χ0) is 20.5. The summed E-state index contributed by atoms with van der Waals surface area (Å²) in [5.74, 6) is 3.31. The van der Waals surface area contributed by atoms with E-state index in [1.165, 1.54) is 12.0 Å². The number of aliphatic imine (C=N–C) groups is 1. The van der Waals surface area contributed by atoms with E-state index in [1.807, 2.05) is 24.6 Å². The highest BCUT2D eigenvalue weighted by Gasteiger charge is 2.25. The third-order valence-electron chi connectivity index (χ3n) is 5.42. The molecule has 2 heterocycles. The summed E-state index contributed by atoms with van der Waals surface area (Å²) in [6, 6.07) is 10.4. The number of aromatic nitrogens is 3. The molecule has 29 heavy (non-hydrogen) atoms. The molecule has 7 heteroatoms. The Balaban J connectivity index is 1.53. The lowest BCUT2D eigenvalue weighted by atomic mass is 10.1. The second-order valence-electron chi connectivity index (χ2n) is 7.74. The van der Waals surface area contributed by atoms with Gasteiger partial charge in [-0.25, -0.2) is 4.99 Å². The summed E-state index contributed by atoms with van der Waals surface area (Å²) in [7, 11) is 1.99. The Morgan fingerprint density at radius 2 is 2.10 bits per heavy atom. The van der Waals surface area contributed by atoms with Crippen molar-refractivity contribution in [3.8, 4) is 0 Å². The molecule has 2 aromatic rings. The second kappa shape index (κ2) is 11.0. The van der Waals surface area contributed by atoms with Gasteiger partial charge in [-0.05, 0) is 25.3 Å². The van der Waals surface area contributed by atoms with E-state index in [0.717, 1.165) is 56.7 Å². The van der Waals surface area contributed by atoms with Crippen LogP contribution in [0.25, 0.3) is 0 Å². The first-order valence-electron chi connectivity index (χ1n) is 10.7. The number of ether oxygens (including phenoxy) is 1. The number of nitrogens with one attached hydrogen (secondary N) is 1. The van der Waals surface area contributed by atoms with Gasteiger partial charge in [0.1, 0.15) is 12.4 Å². The van der Waals surface area contributed by atoms with Crippen LogP contribution in [0.1, 0.15) is 43.4 Å². The number of nitrogens with zero attached hydrogens (tertiary/aromatic N) is 5. The number of aryl methyl sites for hydroxylation is 1. The first-order valence-corrected chi connectivity index (χ1v) is 10.7. The highest BCUT2D eigenvalue weighted by molar-refractivity contribution is 5.80. The number of guanidine groups is 1. The lowest BCUT2D eigenvalue weighted by Crippen LogP contribution is -2.40. The van der Waals surface area contributed by atoms with Crippen molar-refractivity contribution in [2.75, 3.05) is 26.2 Å². The summed E-state index contributed by atoms with van der Waals surface area (Å²) in [4.78, 5) is 7.21. The number of benzene rings is 1. The van der Waals surface area contributed by atoms with Crippen molar-refractivity contribution in [2.45, 2.75) is 46.3 Å².